The van der Waals surface area contributed by atoms with Crippen molar-refractivity contribution in [3.8, 4) is 17.0 Å². The van der Waals surface area contributed by atoms with E-state index in [0.29, 0.717) is 23.8 Å². The van der Waals surface area contributed by atoms with Crippen LogP contribution in [0.3, 0.4) is 0 Å². The van der Waals surface area contributed by atoms with Gasteiger partial charge in [0.05, 0.1) is 6.61 Å². The summed E-state index contributed by atoms with van der Waals surface area (Å²) in [4.78, 5) is 12.0. The molecule has 0 aliphatic heterocycles. The first-order chi connectivity index (χ1) is 13.7. The topological polar surface area (TPSA) is 81.8 Å². The highest BCUT2D eigenvalue weighted by Crippen LogP contribution is 2.41. The molecule has 166 valence electrons. The molecule has 0 amide bonds. The molecule has 1 heterocycles. The third kappa shape index (κ3) is 5.42. The van der Waals surface area contributed by atoms with Crippen molar-refractivity contribution in [2.24, 2.45) is 0 Å². The van der Waals surface area contributed by atoms with Gasteiger partial charge in [-0.15, -0.1) is 0 Å². The third-order valence-corrected chi connectivity index (χ3v) is 4.92. The number of carbonyl (C=O) groups is 1. The van der Waals surface area contributed by atoms with E-state index in [4.69, 9.17) is 14.0 Å². The number of phenols is 1. The molecule has 0 spiro atoms. The van der Waals surface area contributed by atoms with Crippen LogP contribution in [0.2, 0.25) is 0 Å². The number of aromatic nitrogens is 1. The Kier molecular flexibility index (Phi) is 6.72. The highest BCUT2D eigenvalue weighted by atomic mass is 16.6. The van der Waals surface area contributed by atoms with Crippen LogP contribution < -0.4 is 0 Å². The Bertz CT molecular complexity index is 862. The van der Waals surface area contributed by atoms with Crippen LogP contribution in [0.25, 0.3) is 11.3 Å². The second kappa shape index (κ2) is 8.42. The van der Waals surface area contributed by atoms with Crippen molar-refractivity contribution >= 4 is 5.97 Å². The first-order valence-corrected chi connectivity index (χ1v) is 10.3. The fourth-order valence-corrected chi connectivity index (χ4v) is 3.06. The second-order valence-corrected chi connectivity index (χ2v) is 10.1. The summed E-state index contributed by atoms with van der Waals surface area (Å²) in [5.41, 5.74) is 1.67. The average Bonchev–Trinajstić information content (AvgIpc) is 3.07. The summed E-state index contributed by atoms with van der Waals surface area (Å²) in [7, 11) is 0. The first-order valence-electron chi connectivity index (χ1n) is 10.3. The van der Waals surface area contributed by atoms with Crippen LogP contribution >= 0.6 is 0 Å². The Balaban J connectivity index is 2.36. The molecule has 2 aromatic rings. The lowest BCUT2D eigenvalue weighted by molar-refractivity contribution is -0.169. The lowest BCUT2D eigenvalue weighted by atomic mass is 9.78. The third-order valence-electron chi connectivity index (χ3n) is 4.92. The van der Waals surface area contributed by atoms with Gasteiger partial charge >= 0.3 is 5.97 Å². The molecule has 0 fully saturated rings. The number of benzene rings is 1. The molecular weight excluding hydrogens is 382 g/mol. The van der Waals surface area contributed by atoms with Crippen LogP contribution in [0, 0.1) is 0 Å². The molecule has 0 saturated heterocycles. The summed E-state index contributed by atoms with van der Waals surface area (Å²) in [6, 6.07) is 5.71. The maximum Gasteiger partial charge on any atom is 0.337 e. The van der Waals surface area contributed by atoms with Crippen molar-refractivity contribution in [2.45, 2.75) is 85.4 Å². The van der Waals surface area contributed by atoms with Crippen LogP contribution in [0.5, 0.6) is 5.75 Å². The van der Waals surface area contributed by atoms with E-state index in [9.17, 15) is 9.90 Å². The van der Waals surface area contributed by atoms with Crippen LogP contribution in [0.1, 0.15) is 79.2 Å². The van der Waals surface area contributed by atoms with E-state index in [2.05, 4.69) is 46.7 Å². The van der Waals surface area contributed by atoms with Crippen molar-refractivity contribution in [3.63, 3.8) is 0 Å². The van der Waals surface area contributed by atoms with Gasteiger partial charge in [-0.05, 0) is 43.7 Å². The largest absolute Gasteiger partial charge is 0.507 e. The molecule has 0 atom stereocenters. The van der Waals surface area contributed by atoms with E-state index in [1.165, 1.54) is 0 Å². The number of ether oxygens (including phenoxy) is 2. The highest BCUT2D eigenvalue weighted by molar-refractivity contribution is 5.78. The number of esters is 1. The molecule has 6 nitrogen and oxygen atoms in total. The Morgan fingerprint density at radius 1 is 1.00 bits per heavy atom. The number of rotatable bonds is 6. The van der Waals surface area contributed by atoms with E-state index >= 15 is 0 Å². The van der Waals surface area contributed by atoms with Gasteiger partial charge < -0.3 is 19.1 Å². The molecular formula is C24H35NO5. The standard InChI is InChI=1S/C24H35NO5/c1-10-28-21(27)24(8,9)29-14-16-13-19(25-30-16)15-11-17(22(2,3)4)20(26)18(12-15)23(5,6)7/h11-13,26H,10,14H2,1-9H3. The lowest BCUT2D eigenvalue weighted by Crippen LogP contribution is -2.36. The molecule has 2 rings (SSSR count). The normalized spacial score (nSPS) is 12.8. The zero-order chi connectivity index (χ0) is 22.9. The number of aromatic hydroxyl groups is 1. The van der Waals surface area contributed by atoms with Gasteiger partial charge in [0.25, 0.3) is 0 Å². The van der Waals surface area contributed by atoms with Gasteiger partial charge in [-0.2, -0.15) is 0 Å². The Hall–Kier alpha value is -2.34. The molecule has 0 aliphatic rings. The summed E-state index contributed by atoms with van der Waals surface area (Å²) in [5, 5.41) is 15.1. The molecule has 0 unspecified atom stereocenters. The number of nitrogens with zero attached hydrogens (tertiary/aromatic N) is 1. The van der Waals surface area contributed by atoms with Crippen molar-refractivity contribution in [2.75, 3.05) is 6.61 Å². The predicted octanol–water partition coefficient (Wildman–Crippen LogP) is 5.50. The second-order valence-electron chi connectivity index (χ2n) is 10.1. The minimum atomic E-state index is -1.08. The smallest absolute Gasteiger partial charge is 0.337 e. The molecule has 1 aromatic heterocycles. The summed E-state index contributed by atoms with van der Waals surface area (Å²) < 4.78 is 16.2. The molecule has 0 bridgehead atoms. The van der Waals surface area contributed by atoms with E-state index in [0.717, 1.165) is 16.7 Å². The van der Waals surface area contributed by atoms with E-state index < -0.39 is 11.6 Å². The Morgan fingerprint density at radius 3 is 2.00 bits per heavy atom. The quantitative estimate of drug-likeness (QED) is 0.625. The van der Waals surface area contributed by atoms with Crippen LogP contribution in [-0.4, -0.2) is 28.4 Å². The summed E-state index contributed by atoms with van der Waals surface area (Å²) in [6.07, 6.45) is 0. The van der Waals surface area contributed by atoms with Crippen molar-refractivity contribution in [1.29, 1.82) is 0 Å². The Morgan fingerprint density at radius 2 is 1.53 bits per heavy atom. The van der Waals surface area contributed by atoms with Crippen LogP contribution in [-0.2, 0) is 31.7 Å². The molecule has 30 heavy (non-hydrogen) atoms. The molecule has 1 N–H and O–H groups in total. The fourth-order valence-electron chi connectivity index (χ4n) is 3.06. The zero-order valence-electron chi connectivity index (χ0n) is 19.7. The van der Waals surface area contributed by atoms with E-state index in [1.54, 1.807) is 26.8 Å². The van der Waals surface area contributed by atoms with E-state index in [-0.39, 0.29) is 17.4 Å². The maximum atomic E-state index is 12.0. The highest BCUT2D eigenvalue weighted by Gasteiger charge is 2.31. The SMILES string of the molecule is CCOC(=O)C(C)(C)OCc1cc(-c2cc(C(C)(C)C)c(O)c(C(C)(C)C)c2)no1. The van der Waals surface area contributed by atoms with Crippen molar-refractivity contribution in [1.82, 2.24) is 5.16 Å². The molecule has 1 aromatic carbocycles. The van der Waals surface area contributed by atoms with Gasteiger partial charge in [0.1, 0.15) is 18.1 Å². The molecule has 0 aliphatic carbocycles. The fraction of sp³-hybridized carbons (Fsp3) is 0.583. The van der Waals surface area contributed by atoms with Crippen molar-refractivity contribution < 1.29 is 23.9 Å². The number of hydrogen-bond acceptors (Lipinski definition) is 6. The molecule has 0 radical (unpaired) electrons. The first kappa shape index (κ1) is 23.9. The van der Waals surface area contributed by atoms with Crippen molar-refractivity contribution in [3.05, 3.63) is 35.1 Å². The van der Waals surface area contributed by atoms with Gasteiger partial charge in [-0.3, -0.25) is 0 Å². The minimum Gasteiger partial charge on any atom is -0.507 e. The van der Waals surface area contributed by atoms with Gasteiger partial charge in [0, 0.05) is 22.8 Å². The number of carbonyl (C=O) groups excluding carboxylic acids is 1. The monoisotopic (exact) mass is 417 g/mol. The average molecular weight is 418 g/mol. The number of hydrogen-bond donors (Lipinski definition) is 1. The van der Waals surface area contributed by atoms with Crippen LogP contribution in [0.15, 0.2) is 22.7 Å². The number of phenolic OH excluding ortho intramolecular Hbond substituents is 1. The van der Waals surface area contributed by atoms with Gasteiger partial charge in [-0.1, -0.05) is 46.7 Å². The summed E-state index contributed by atoms with van der Waals surface area (Å²) in [5.74, 6) is 0.403. The van der Waals surface area contributed by atoms with E-state index in [1.807, 2.05) is 12.1 Å². The minimum absolute atomic E-state index is 0.0924. The molecule has 6 heteroatoms. The zero-order valence-corrected chi connectivity index (χ0v) is 19.7. The predicted molar refractivity (Wildman–Crippen MR) is 117 cm³/mol. The lowest BCUT2D eigenvalue weighted by Gasteiger charge is -2.28. The summed E-state index contributed by atoms with van der Waals surface area (Å²) in [6.45, 7) is 17.9. The summed E-state index contributed by atoms with van der Waals surface area (Å²) >= 11 is 0. The van der Waals surface area contributed by atoms with Gasteiger partial charge in [0.2, 0.25) is 0 Å². The molecule has 0 saturated carbocycles. The van der Waals surface area contributed by atoms with Gasteiger partial charge in [0.15, 0.2) is 11.4 Å². The van der Waals surface area contributed by atoms with Crippen LogP contribution in [0.4, 0.5) is 0 Å². The maximum absolute atomic E-state index is 12.0. The van der Waals surface area contributed by atoms with Gasteiger partial charge in [-0.25, -0.2) is 4.79 Å². The Labute approximate surface area is 179 Å².